The molecule has 218 valence electrons. The number of para-hydroxylation sites is 1. The fourth-order valence-corrected chi connectivity index (χ4v) is 9.47. The molecule has 0 N–H and O–H groups in total. The van der Waals surface area contributed by atoms with E-state index in [1.165, 1.54) is 95.0 Å². The molecule has 5 nitrogen and oxygen atoms in total. The maximum Gasteiger partial charge on any atom is 0.466 e. The molecule has 0 saturated carbocycles. The summed E-state index contributed by atoms with van der Waals surface area (Å²) in [5.74, 6) is 0. The lowest BCUT2D eigenvalue weighted by Crippen LogP contribution is -2.76. The van der Waals surface area contributed by atoms with Crippen molar-refractivity contribution in [2.75, 3.05) is 0 Å². The van der Waals surface area contributed by atoms with Crippen LogP contribution in [-0.4, -0.2) is 13.9 Å². The van der Waals surface area contributed by atoms with Crippen molar-refractivity contribution in [3.8, 4) is 39.3 Å². The minimum absolute atomic E-state index is 0.569. The third-order valence-electron chi connectivity index (χ3n) is 11.0. The first-order valence-corrected chi connectivity index (χ1v) is 16.2. The Morgan fingerprint density at radius 1 is 0.543 bits per heavy atom. The molecule has 6 heterocycles. The highest BCUT2D eigenvalue weighted by atomic mass is 15.6. The molecule has 3 aliphatic rings. The molecule has 0 bridgehead atoms. The molecule has 46 heavy (non-hydrogen) atoms. The average molecular weight is 594 g/mol. The third-order valence-corrected chi connectivity index (χ3v) is 11.0. The van der Waals surface area contributed by atoms with E-state index in [9.17, 15) is 0 Å². The minimum atomic E-state index is -0.569. The maximum atomic E-state index is 2.62. The topological polar surface area (TPSA) is 22.5 Å². The van der Waals surface area contributed by atoms with Gasteiger partial charge in [0.1, 0.15) is 11.4 Å². The first kappa shape index (κ1) is 24.6. The predicted molar refractivity (Wildman–Crippen MR) is 181 cm³/mol. The fraction of sp³-hybridized carbons (Fsp3) is 0.122. The zero-order chi connectivity index (χ0) is 30.6. The summed E-state index contributed by atoms with van der Waals surface area (Å²) in [5, 5.41) is 2.61. The van der Waals surface area contributed by atoms with Gasteiger partial charge in [-0.1, -0.05) is 78.9 Å². The Kier molecular flexibility index (Phi) is 4.24. The van der Waals surface area contributed by atoms with Crippen LogP contribution in [0.2, 0.25) is 0 Å². The molecular weight excluding hydrogens is 562 g/mol. The molecule has 0 aliphatic carbocycles. The molecule has 5 aromatic carbocycles. The van der Waals surface area contributed by atoms with Gasteiger partial charge in [-0.25, -0.2) is 0 Å². The number of nitrogens with zero attached hydrogens (tertiary/aromatic N) is 5. The molecule has 5 heteroatoms. The first-order chi connectivity index (χ1) is 22.5. The zero-order valence-electron chi connectivity index (χ0n) is 26.2. The standard InChI is InChI=1S/C41H31N5/c1-24-23-25(2)45-41-38-34(42-33-14-9-8-13-31(33)32-21-22-36(43(24)45)39(41)40(32)42)15-10-16-35(38)44-26(3)37(27(4)46(41)44)30-19-17-29(18-20-30)28-11-6-5-7-12-28/h5-23H,1-4H3/q+2. The summed E-state index contributed by atoms with van der Waals surface area (Å²) in [4.78, 5) is 0. The number of hydrogen-bond donors (Lipinski definition) is 0. The van der Waals surface area contributed by atoms with Gasteiger partial charge in [0.05, 0.1) is 33.7 Å². The Hall–Kier alpha value is -5.68. The Morgan fingerprint density at radius 2 is 1.24 bits per heavy atom. The van der Waals surface area contributed by atoms with Gasteiger partial charge < -0.3 is 4.57 Å². The van der Waals surface area contributed by atoms with Crippen molar-refractivity contribution in [2.45, 2.75) is 33.4 Å². The fourth-order valence-electron chi connectivity index (χ4n) is 9.47. The number of aryl methyl sites for hydroxylation is 2. The zero-order valence-corrected chi connectivity index (χ0v) is 26.2. The highest BCUT2D eigenvalue weighted by Gasteiger charge is 2.74. The van der Waals surface area contributed by atoms with Crippen molar-refractivity contribution in [2.24, 2.45) is 0 Å². The van der Waals surface area contributed by atoms with Gasteiger partial charge in [0.25, 0.3) is 0 Å². The Balaban J connectivity index is 1.30. The second-order valence-electron chi connectivity index (χ2n) is 13.2. The molecule has 0 fully saturated rings. The Labute approximate surface area is 266 Å². The van der Waals surface area contributed by atoms with Crippen LogP contribution in [0.25, 0.3) is 61.1 Å². The van der Waals surface area contributed by atoms with Crippen molar-refractivity contribution >= 4 is 21.8 Å². The highest BCUT2D eigenvalue weighted by Crippen LogP contribution is 2.54. The van der Waals surface area contributed by atoms with Crippen LogP contribution in [0, 0.1) is 27.7 Å². The van der Waals surface area contributed by atoms with Gasteiger partial charge in [-0.2, -0.15) is 0 Å². The smallest absolute Gasteiger partial charge is 0.307 e. The van der Waals surface area contributed by atoms with Crippen LogP contribution in [-0.2, 0) is 5.66 Å². The van der Waals surface area contributed by atoms with Crippen LogP contribution >= 0.6 is 0 Å². The number of aromatic nitrogens is 5. The lowest BCUT2D eigenvalue weighted by Gasteiger charge is -2.23. The van der Waals surface area contributed by atoms with Crippen molar-refractivity contribution in [3.63, 3.8) is 0 Å². The first-order valence-electron chi connectivity index (χ1n) is 16.2. The van der Waals surface area contributed by atoms with Gasteiger partial charge in [0, 0.05) is 30.7 Å². The van der Waals surface area contributed by atoms with Crippen LogP contribution in [0.1, 0.15) is 33.9 Å². The maximum absolute atomic E-state index is 2.62. The van der Waals surface area contributed by atoms with E-state index in [2.05, 4.69) is 166 Å². The van der Waals surface area contributed by atoms with E-state index in [-0.39, 0.29) is 0 Å². The minimum Gasteiger partial charge on any atom is -0.307 e. The molecule has 8 aromatic rings. The molecule has 0 amide bonds. The molecule has 0 saturated heterocycles. The summed E-state index contributed by atoms with van der Waals surface area (Å²) in [6.45, 7) is 9.13. The molecule has 3 aliphatic heterocycles. The SMILES string of the molecule is Cc1cc(C)[n+]2n1-c1ccc3c4ccccc4n4c3c1C21c2c-4cccc2-n2c(C)c(-c3ccc(-c4ccccc4)cc3)c(C)[n+]21. The quantitative estimate of drug-likeness (QED) is 0.183. The summed E-state index contributed by atoms with van der Waals surface area (Å²) < 4.78 is 12.7. The summed E-state index contributed by atoms with van der Waals surface area (Å²) in [6, 6.07) is 42.6. The van der Waals surface area contributed by atoms with Crippen LogP contribution in [0.5, 0.6) is 0 Å². The number of rotatable bonds is 2. The second kappa shape index (κ2) is 7.93. The molecular formula is C41H31N5+2. The Morgan fingerprint density at radius 3 is 2.07 bits per heavy atom. The monoisotopic (exact) mass is 593 g/mol. The molecule has 11 rings (SSSR count). The molecule has 1 unspecified atom stereocenters. The lowest BCUT2D eigenvalue weighted by molar-refractivity contribution is -1.02. The lowest BCUT2D eigenvalue weighted by atomic mass is 9.84. The van der Waals surface area contributed by atoms with Gasteiger partial charge in [-0.3, -0.25) is 0 Å². The number of benzene rings is 5. The summed E-state index contributed by atoms with van der Waals surface area (Å²) in [5.41, 5.74) is 18.5. The van der Waals surface area contributed by atoms with Crippen molar-refractivity contribution in [1.82, 2.24) is 13.9 Å². The highest BCUT2D eigenvalue weighted by molar-refractivity contribution is 6.12. The average Bonchev–Trinajstić information content (AvgIpc) is 3.83. The van der Waals surface area contributed by atoms with E-state index in [0.29, 0.717) is 0 Å². The normalized spacial score (nSPS) is 16.3. The number of hydrogen-bond acceptors (Lipinski definition) is 0. The van der Waals surface area contributed by atoms with Gasteiger partial charge in [0.15, 0.2) is 11.1 Å². The van der Waals surface area contributed by atoms with Gasteiger partial charge >= 0.3 is 5.66 Å². The van der Waals surface area contributed by atoms with E-state index < -0.39 is 5.66 Å². The van der Waals surface area contributed by atoms with E-state index in [4.69, 9.17) is 0 Å². The van der Waals surface area contributed by atoms with E-state index in [0.717, 1.165) is 0 Å². The van der Waals surface area contributed by atoms with Crippen molar-refractivity contribution in [3.05, 3.63) is 149 Å². The van der Waals surface area contributed by atoms with Crippen LogP contribution in [0.4, 0.5) is 0 Å². The summed E-state index contributed by atoms with van der Waals surface area (Å²) in [6.07, 6.45) is 0. The van der Waals surface area contributed by atoms with Crippen LogP contribution < -0.4 is 9.36 Å². The van der Waals surface area contributed by atoms with Crippen molar-refractivity contribution < 1.29 is 9.36 Å². The van der Waals surface area contributed by atoms with Crippen LogP contribution in [0.15, 0.2) is 115 Å². The molecule has 0 radical (unpaired) electrons. The van der Waals surface area contributed by atoms with E-state index >= 15 is 0 Å². The summed E-state index contributed by atoms with van der Waals surface area (Å²) >= 11 is 0. The van der Waals surface area contributed by atoms with Gasteiger partial charge in [-0.05, 0) is 70.2 Å². The van der Waals surface area contributed by atoms with E-state index in [1.807, 2.05) is 0 Å². The molecule has 1 spiro atoms. The largest absolute Gasteiger partial charge is 0.466 e. The number of fused-ring (bicyclic) bond motifs is 8. The van der Waals surface area contributed by atoms with Crippen LogP contribution in [0.3, 0.4) is 0 Å². The third kappa shape index (κ3) is 2.49. The second-order valence-corrected chi connectivity index (χ2v) is 13.2. The van der Waals surface area contributed by atoms with E-state index in [1.54, 1.807) is 0 Å². The molecule has 3 aromatic heterocycles. The van der Waals surface area contributed by atoms with Gasteiger partial charge in [-0.15, -0.1) is 9.36 Å². The van der Waals surface area contributed by atoms with Crippen molar-refractivity contribution in [1.29, 1.82) is 0 Å². The predicted octanol–water partition coefficient (Wildman–Crippen LogP) is 7.75. The van der Waals surface area contributed by atoms with Gasteiger partial charge in [0.2, 0.25) is 11.4 Å². The Bertz CT molecular complexity index is 2660. The molecule has 1 atom stereocenters. The summed E-state index contributed by atoms with van der Waals surface area (Å²) in [7, 11) is 0.